The molecule has 4 rings (SSSR count). The van der Waals surface area contributed by atoms with Crippen molar-refractivity contribution in [3.05, 3.63) is 70.8 Å². The minimum atomic E-state index is -2.08. The van der Waals surface area contributed by atoms with E-state index in [1.54, 1.807) is 26.0 Å². The highest BCUT2D eigenvalue weighted by Crippen LogP contribution is 2.30. The smallest absolute Gasteiger partial charge is 0.329 e. The largest absolute Gasteiger partial charge is 0.454 e. The molecule has 18 nitrogen and oxygen atoms in total. The summed E-state index contributed by atoms with van der Waals surface area (Å²) in [7, 11) is 5.16. The van der Waals surface area contributed by atoms with Crippen LogP contribution in [0.3, 0.4) is 0 Å². The number of aliphatic hydroxyl groups excluding tert-OH is 1. The number of carbonyl (C=O) groups is 8. The second-order valence-electron chi connectivity index (χ2n) is 24.0. The van der Waals surface area contributed by atoms with Crippen LogP contribution in [-0.2, 0) is 74.9 Å². The number of likely N-dealkylation sites (N-methyl/N-ethyl adjacent to an activating group) is 4. The highest BCUT2D eigenvalue weighted by molar-refractivity contribution is 5.92. The van der Waals surface area contributed by atoms with Gasteiger partial charge in [-0.15, -0.1) is 0 Å². The lowest BCUT2D eigenvalue weighted by Gasteiger charge is -2.34. The molecular formula is C61H90F2N4O14. The highest BCUT2D eigenvalue weighted by atomic mass is 19.1. The van der Waals surface area contributed by atoms with Gasteiger partial charge in [-0.3, -0.25) is 19.2 Å². The van der Waals surface area contributed by atoms with E-state index in [2.05, 4.69) is 0 Å². The maximum absolute atomic E-state index is 15.7. The van der Waals surface area contributed by atoms with E-state index in [1.165, 1.54) is 67.7 Å². The summed E-state index contributed by atoms with van der Waals surface area (Å²) in [6, 6.07) is 9.51. The van der Waals surface area contributed by atoms with E-state index in [-0.39, 0.29) is 42.9 Å². The maximum Gasteiger partial charge on any atom is 0.329 e. The third kappa shape index (κ3) is 21.1. The number of halogens is 2. The molecule has 81 heavy (non-hydrogen) atoms. The van der Waals surface area contributed by atoms with Crippen molar-refractivity contribution in [2.45, 2.75) is 192 Å². The molecule has 0 radical (unpaired) electrons. The second-order valence-corrected chi connectivity index (χ2v) is 24.0. The van der Waals surface area contributed by atoms with Gasteiger partial charge >= 0.3 is 17.9 Å². The van der Waals surface area contributed by atoms with Crippen molar-refractivity contribution in [1.82, 2.24) is 19.6 Å². The fraction of sp³-hybridized carbons (Fsp3) is 0.672. The molecule has 0 unspecified atom stereocenters. The van der Waals surface area contributed by atoms with Gasteiger partial charge in [0.1, 0.15) is 41.9 Å². The van der Waals surface area contributed by atoms with Crippen LogP contribution in [0, 0.1) is 11.8 Å². The first-order valence-corrected chi connectivity index (χ1v) is 28.4. The lowest BCUT2D eigenvalue weighted by atomic mass is 9.90. The lowest BCUT2D eigenvalue weighted by molar-refractivity contribution is -0.171. The summed E-state index contributed by atoms with van der Waals surface area (Å²) in [5.41, 5.74) is -0.740. The average Bonchev–Trinajstić information content (AvgIpc) is 3.46. The first-order chi connectivity index (χ1) is 37.9. The van der Waals surface area contributed by atoms with Crippen LogP contribution in [0.5, 0.6) is 0 Å². The van der Waals surface area contributed by atoms with E-state index in [0.29, 0.717) is 50.3 Å². The van der Waals surface area contributed by atoms with E-state index in [9.17, 15) is 43.5 Å². The van der Waals surface area contributed by atoms with Crippen molar-refractivity contribution in [3.8, 4) is 0 Å². The fourth-order valence-corrected chi connectivity index (χ4v) is 10.2. The van der Waals surface area contributed by atoms with Crippen LogP contribution in [0.1, 0.15) is 148 Å². The minimum absolute atomic E-state index is 0.00881. The van der Waals surface area contributed by atoms with Crippen molar-refractivity contribution >= 4 is 47.8 Å². The quantitative estimate of drug-likeness (QED) is 0.0499. The van der Waals surface area contributed by atoms with Crippen LogP contribution < -0.4 is 0 Å². The Hall–Kier alpha value is -5.86. The van der Waals surface area contributed by atoms with Crippen LogP contribution in [-0.4, -0.2) is 188 Å². The number of aldehydes is 1. The van der Waals surface area contributed by atoms with E-state index in [1.807, 2.05) is 50.2 Å². The zero-order chi connectivity index (χ0) is 60.5. The molecule has 0 aromatic heterocycles. The fourth-order valence-electron chi connectivity index (χ4n) is 10.2. The van der Waals surface area contributed by atoms with Crippen molar-refractivity contribution in [1.29, 1.82) is 0 Å². The van der Waals surface area contributed by atoms with Crippen LogP contribution >= 0.6 is 0 Å². The molecule has 452 valence electrons. The Bertz CT molecular complexity index is 2390. The SMILES string of the molecule is CC(C)C[C@@H](C=O)N(C)C(=O)[C@@H](Cc1ccc(C2CCOCC2)cc1)OC(=O)[C@H](CC(C)(C)F)N(C)C(=O)COC(=O)[C@H](CC(C)C)N(C)C(=O)[C@@H](Cc1ccc(C2CCOCC2)cc1)OC(=O)[C@H](CC(C)(C)F)N(C)C(=O)[C@@H](C)O. The van der Waals surface area contributed by atoms with Gasteiger partial charge in [-0.1, -0.05) is 76.2 Å². The van der Waals surface area contributed by atoms with Gasteiger partial charge in [-0.25, -0.2) is 23.2 Å². The summed E-state index contributed by atoms with van der Waals surface area (Å²) < 4.78 is 59.5. The number of benzene rings is 2. The number of carbonyl (C=O) groups excluding carboxylic acids is 8. The number of nitrogens with zero attached hydrogens (tertiary/aromatic N) is 4. The first kappa shape index (κ1) is 67.6. The molecule has 20 heteroatoms. The summed E-state index contributed by atoms with van der Waals surface area (Å²) in [5, 5.41) is 10.1. The third-order valence-corrected chi connectivity index (χ3v) is 15.0. The predicted octanol–water partition coefficient (Wildman–Crippen LogP) is 6.88. The lowest BCUT2D eigenvalue weighted by Crippen LogP contribution is -2.53. The van der Waals surface area contributed by atoms with Crippen molar-refractivity contribution < 1.29 is 75.9 Å². The molecule has 2 saturated heterocycles. The Labute approximate surface area is 477 Å². The molecule has 2 heterocycles. The molecule has 2 aromatic rings. The second kappa shape index (κ2) is 31.0. The number of hydrogen-bond donors (Lipinski definition) is 1. The molecule has 0 bridgehead atoms. The summed E-state index contributed by atoms with van der Waals surface area (Å²) >= 11 is 0. The monoisotopic (exact) mass is 1140 g/mol. The zero-order valence-electron chi connectivity index (χ0n) is 50.0. The van der Waals surface area contributed by atoms with Gasteiger partial charge in [0.25, 0.3) is 23.6 Å². The Balaban J connectivity index is 1.61. The standard InChI is InChI=1S/C61H90F2N4O14/c1-38(2)30-47(36-68)64(10)55(72)51(32-41-14-18-43(19-15-41)45-22-26-77-27-23-45)80-58(75)49(34-60(6,7)62)65(11)53(70)37-79-57(74)48(31-39(3)4)66(12)56(73)52(33-42-16-20-44(21-17-42)46-24-28-78-29-25-46)81-59(76)50(35-61(8,9)63)67(13)54(71)40(5)69/h14-21,36,38-40,45-52,69H,22-35,37H2,1-13H3/t40-,47+,48+,49+,50+,51-,52-/m1/s1. The summed E-state index contributed by atoms with van der Waals surface area (Å²) in [5.74, 6) is -6.40. The normalized spacial score (nSPS) is 17.2. The van der Waals surface area contributed by atoms with E-state index < -0.39 is 115 Å². The Kier molecular flexibility index (Phi) is 25.9. The third-order valence-electron chi connectivity index (χ3n) is 15.0. The van der Waals surface area contributed by atoms with Crippen LogP contribution in [0.25, 0.3) is 0 Å². The average molecular weight is 1140 g/mol. The number of aliphatic hydroxyl groups is 1. The number of esters is 3. The highest BCUT2D eigenvalue weighted by Gasteiger charge is 2.42. The summed E-state index contributed by atoms with van der Waals surface area (Å²) in [6.45, 7) is 14.9. The molecule has 7 atom stereocenters. The van der Waals surface area contributed by atoms with Crippen molar-refractivity contribution in [2.75, 3.05) is 61.2 Å². The van der Waals surface area contributed by atoms with E-state index in [4.69, 9.17) is 23.7 Å². The van der Waals surface area contributed by atoms with Gasteiger partial charge in [0.2, 0.25) is 0 Å². The molecule has 1 N–H and O–H groups in total. The molecule has 0 saturated carbocycles. The molecule has 2 fully saturated rings. The van der Waals surface area contributed by atoms with E-state index >= 15 is 8.78 Å². The maximum atomic E-state index is 15.7. The Morgan fingerprint density at radius 1 is 0.580 bits per heavy atom. The molecule has 4 amide bonds. The summed E-state index contributed by atoms with van der Waals surface area (Å²) in [6.07, 6.45) is -1.84. The topological polar surface area (TPSA) is 216 Å². The number of alkyl halides is 2. The van der Waals surface area contributed by atoms with Gasteiger partial charge in [0.05, 0.1) is 6.04 Å². The van der Waals surface area contributed by atoms with E-state index in [0.717, 1.165) is 51.5 Å². The van der Waals surface area contributed by atoms with Crippen LogP contribution in [0.15, 0.2) is 48.5 Å². The Morgan fingerprint density at radius 2 is 0.963 bits per heavy atom. The number of ether oxygens (including phenoxy) is 5. The molecule has 2 aromatic carbocycles. The zero-order valence-corrected chi connectivity index (χ0v) is 50.0. The van der Waals surface area contributed by atoms with Gasteiger partial charge in [0, 0.05) is 80.3 Å². The van der Waals surface area contributed by atoms with Crippen molar-refractivity contribution in [2.24, 2.45) is 11.8 Å². The number of hydrogen-bond acceptors (Lipinski definition) is 14. The van der Waals surface area contributed by atoms with Crippen LogP contribution in [0.2, 0.25) is 0 Å². The molecular weight excluding hydrogens is 1050 g/mol. The number of amides is 4. The molecule has 2 aliphatic rings. The van der Waals surface area contributed by atoms with Crippen molar-refractivity contribution in [3.63, 3.8) is 0 Å². The Morgan fingerprint density at radius 3 is 1.33 bits per heavy atom. The van der Waals surface area contributed by atoms with Crippen LogP contribution in [0.4, 0.5) is 8.78 Å². The number of rotatable bonds is 29. The molecule has 2 aliphatic heterocycles. The predicted molar refractivity (Wildman–Crippen MR) is 299 cm³/mol. The van der Waals surface area contributed by atoms with Gasteiger partial charge in [-0.05, 0) is 119 Å². The minimum Gasteiger partial charge on any atom is -0.454 e. The molecule has 0 aliphatic carbocycles. The summed E-state index contributed by atoms with van der Waals surface area (Å²) in [4.78, 5) is 115. The molecule has 0 spiro atoms. The first-order valence-electron chi connectivity index (χ1n) is 28.4. The van der Waals surface area contributed by atoms with Gasteiger partial charge in [0.15, 0.2) is 18.8 Å². The van der Waals surface area contributed by atoms with Gasteiger partial charge in [-0.2, -0.15) is 0 Å². The van der Waals surface area contributed by atoms with Gasteiger partial charge < -0.3 is 53.2 Å².